The molecule has 0 aliphatic carbocycles. The number of hydrogen-bond donors (Lipinski definition) is 1. The Balaban J connectivity index is 1.57. The van der Waals surface area contributed by atoms with Gasteiger partial charge in [-0.1, -0.05) is 12.1 Å². The lowest BCUT2D eigenvalue weighted by Crippen LogP contribution is -2.56. The largest absolute Gasteiger partial charge is 0.329 e. The fourth-order valence-electron chi connectivity index (χ4n) is 4.77. The lowest BCUT2D eigenvalue weighted by atomic mass is 9.79. The van der Waals surface area contributed by atoms with E-state index in [1.165, 1.54) is 11.3 Å². The number of likely N-dealkylation sites (tertiary alicyclic amines) is 2. The third-order valence-corrected chi connectivity index (χ3v) is 6.81. The minimum atomic E-state index is -0.157. The normalized spacial score (nSPS) is 20.7. The summed E-state index contributed by atoms with van der Waals surface area (Å²) in [5.41, 5.74) is 2.95. The number of thiophene rings is 1. The van der Waals surface area contributed by atoms with Gasteiger partial charge in [-0.2, -0.15) is 0 Å². The highest BCUT2D eigenvalue weighted by atomic mass is 32.1. The highest BCUT2D eigenvalue weighted by Crippen LogP contribution is 2.44. The standard InChI is InChI=1S/C20H22N4O2S/c1-13-17-14(9-27-13)18(25)21-15-5-3-4-6-16(15)24(17)19(26)23-8-7-20(12-23)10-22(2)11-20/h3-6,9H,7-8,10-12H2,1-2H3,(H,21,25). The molecule has 3 aliphatic heterocycles. The van der Waals surface area contributed by atoms with Crippen LogP contribution in [0, 0.1) is 12.3 Å². The first-order chi connectivity index (χ1) is 13.0. The van der Waals surface area contributed by atoms with Gasteiger partial charge in [0.05, 0.1) is 22.6 Å². The van der Waals surface area contributed by atoms with Gasteiger partial charge in [0.15, 0.2) is 0 Å². The van der Waals surface area contributed by atoms with E-state index in [-0.39, 0.29) is 17.4 Å². The van der Waals surface area contributed by atoms with Crippen LogP contribution in [0.2, 0.25) is 0 Å². The Labute approximate surface area is 162 Å². The van der Waals surface area contributed by atoms with Crippen LogP contribution in [0.5, 0.6) is 0 Å². The van der Waals surface area contributed by atoms with E-state index >= 15 is 0 Å². The average molecular weight is 382 g/mol. The third kappa shape index (κ3) is 2.49. The number of nitrogens with zero attached hydrogens (tertiary/aromatic N) is 3. The van der Waals surface area contributed by atoms with Crippen molar-refractivity contribution in [3.63, 3.8) is 0 Å². The second kappa shape index (κ2) is 5.81. The molecule has 2 saturated heterocycles. The minimum absolute atomic E-state index is 0.0341. The van der Waals surface area contributed by atoms with Gasteiger partial charge in [-0.25, -0.2) is 4.79 Å². The number of benzene rings is 1. The first-order valence-electron chi connectivity index (χ1n) is 9.23. The Morgan fingerprint density at radius 2 is 2.00 bits per heavy atom. The van der Waals surface area contributed by atoms with E-state index in [9.17, 15) is 9.59 Å². The van der Waals surface area contributed by atoms with Crippen LogP contribution in [-0.2, 0) is 0 Å². The van der Waals surface area contributed by atoms with E-state index in [1.54, 1.807) is 4.90 Å². The van der Waals surface area contributed by atoms with Crippen LogP contribution in [0.4, 0.5) is 21.9 Å². The van der Waals surface area contributed by atoms with E-state index in [2.05, 4.69) is 17.3 Å². The number of carbonyl (C=O) groups is 2. The van der Waals surface area contributed by atoms with Crippen molar-refractivity contribution in [2.75, 3.05) is 43.4 Å². The van der Waals surface area contributed by atoms with Crippen LogP contribution in [-0.4, -0.2) is 55.0 Å². The van der Waals surface area contributed by atoms with Crippen LogP contribution >= 0.6 is 11.3 Å². The Morgan fingerprint density at radius 3 is 2.78 bits per heavy atom. The quantitative estimate of drug-likeness (QED) is 0.759. The molecule has 5 rings (SSSR count). The highest BCUT2D eigenvalue weighted by Gasteiger charge is 2.48. The van der Waals surface area contributed by atoms with Gasteiger partial charge < -0.3 is 15.1 Å². The summed E-state index contributed by atoms with van der Waals surface area (Å²) in [7, 11) is 2.12. The van der Waals surface area contributed by atoms with Crippen LogP contribution in [0.15, 0.2) is 29.6 Å². The second-order valence-electron chi connectivity index (χ2n) is 7.99. The number of para-hydroxylation sites is 2. The van der Waals surface area contributed by atoms with Crippen molar-refractivity contribution in [3.05, 3.63) is 40.1 Å². The molecule has 7 heteroatoms. The van der Waals surface area contributed by atoms with Crippen LogP contribution in [0.3, 0.4) is 0 Å². The SMILES string of the molecule is Cc1scc2c1N(C(=O)N1CCC3(CN(C)C3)C1)c1ccccc1NC2=O. The summed E-state index contributed by atoms with van der Waals surface area (Å²) in [6.45, 7) is 5.63. The Kier molecular flexibility index (Phi) is 3.61. The number of amides is 3. The Morgan fingerprint density at radius 1 is 1.22 bits per heavy atom. The van der Waals surface area contributed by atoms with Crippen LogP contribution in [0.1, 0.15) is 21.7 Å². The lowest BCUT2D eigenvalue weighted by molar-refractivity contribution is 0.0339. The molecule has 3 amide bonds. The van der Waals surface area contributed by atoms with E-state index in [0.29, 0.717) is 11.3 Å². The lowest BCUT2D eigenvalue weighted by Gasteiger charge is -2.46. The summed E-state index contributed by atoms with van der Waals surface area (Å²) in [5, 5.41) is 4.81. The summed E-state index contributed by atoms with van der Waals surface area (Å²) >= 11 is 1.51. The zero-order valence-corrected chi connectivity index (χ0v) is 16.3. The summed E-state index contributed by atoms with van der Waals surface area (Å²) in [5.74, 6) is -0.157. The molecular weight excluding hydrogens is 360 g/mol. The summed E-state index contributed by atoms with van der Waals surface area (Å²) in [6, 6.07) is 7.51. The fraction of sp³-hybridized carbons (Fsp3) is 0.400. The molecule has 0 unspecified atom stereocenters. The molecule has 2 fully saturated rings. The first-order valence-corrected chi connectivity index (χ1v) is 10.1. The van der Waals surface area contributed by atoms with E-state index < -0.39 is 0 Å². The maximum Gasteiger partial charge on any atom is 0.329 e. The maximum atomic E-state index is 13.6. The van der Waals surface area contributed by atoms with Crippen molar-refractivity contribution < 1.29 is 9.59 Å². The highest BCUT2D eigenvalue weighted by molar-refractivity contribution is 7.11. The maximum absolute atomic E-state index is 13.6. The Hall–Kier alpha value is -2.38. The predicted octanol–water partition coefficient (Wildman–Crippen LogP) is 3.52. The zero-order chi connectivity index (χ0) is 18.8. The fourth-order valence-corrected chi connectivity index (χ4v) is 5.59. The third-order valence-electron chi connectivity index (χ3n) is 5.91. The van der Waals surface area contributed by atoms with Gasteiger partial charge in [0.1, 0.15) is 0 Å². The van der Waals surface area contributed by atoms with Crippen LogP contribution in [0.25, 0.3) is 0 Å². The molecular formula is C20H22N4O2S. The topological polar surface area (TPSA) is 55.9 Å². The van der Waals surface area contributed by atoms with Gasteiger partial charge >= 0.3 is 6.03 Å². The summed E-state index contributed by atoms with van der Waals surface area (Å²) < 4.78 is 0. The molecule has 4 heterocycles. The molecule has 1 N–H and O–H groups in total. The molecule has 1 aromatic heterocycles. The van der Waals surface area contributed by atoms with Crippen molar-refractivity contribution in [2.45, 2.75) is 13.3 Å². The molecule has 0 atom stereocenters. The van der Waals surface area contributed by atoms with Gasteiger partial charge in [0, 0.05) is 41.9 Å². The summed E-state index contributed by atoms with van der Waals surface area (Å²) in [6.07, 6.45) is 1.05. The number of anilines is 3. The number of hydrogen-bond acceptors (Lipinski definition) is 4. The number of fused-ring (bicyclic) bond motifs is 2. The molecule has 1 aromatic carbocycles. The molecule has 0 radical (unpaired) electrons. The van der Waals surface area contributed by atoms with E-state index in [4.69, 9.17) is 0 Å². The van der Waals surface area contributed by atoms with Gasteiger partial charge in [-0.3, -0.25) is 9.69 Å². The van der Waals surface area contributed by atoms with Crippen molar-refractivity contribution in [1.82, 2.24) is 9.80 Å². The predicted molar refractivity (Wildman–Crippen MR) is 107 cm³/mol. The van der Waals surface area contributed by atoms with Gasteiger partial charge in [-0.05, 0) is 32.5 Å². The number of nitrogens with one attached hydrogen (secondary N) is 1. The first kappa shape index (κ1) is 16.8. The molecule has 0 saturated carbocycles. The second-order valence-corrected chi connectivity index (χ2v) is 9.07. The molecule has 2 aromatic rings. The number of rotatable bonds is 0. The van der Waals surface area contributed by atoms with Gasteiger partial charge in [0.25, 0.3) is 5.91 Å². The molecule has 0 bridgehead atoms. The van der Waals surface area contributed by atoms with Crippen molar-refractivity contribution >= 4 is 40.3 Å². The van der Waals surface area contributed by atoms with Crippen molar-refractivity contribution in [1.29, 1.82) is 0 Å². The minimum Gasteiger partial charge on any atom is -0.323 e. The molecule has 140 valence electrons. The van der Waals surface area contributed by atoms with Crippen LogP contribution < -0.4 is 10.2 Å². The smallest absolute Gasteiger partial charge is 0.323 e. The average Bonchev–Trinajstić information content (AvgIpc) is 3.18. The van der Waals surface area contributed by atoms with Crippen molar-refractivity contribution in [2.24, 2.45) is 5.41 Å². The zero-order valence-electron chi connectivity index (χ0n) is 15.5. The molecule has 3 aliphatic rings. The monoisotopic (exact) mass is 382 g/mol. The number of carbonyl (C=O) groups excluding carboxylic acids is 2. The Bertz CT molecular complexity index is 947. The van der Waals surface area contributed by atoms with E-state index in [1.807, 2.05) is 41.5 Å². The number of aryl methyl sites for hydroxylation is 1. The van der Waals surface area contributed by atoms with E-state index in [0.717, 1.165) is 48.9 Å². The van der Waals surface area contributed by atoms with Gasteiger partial charge in [-0.15, -0.1) is 11.3 Å². The summed E-state index contributed by atoms with van der Waals surface area (Å²) in [4.78, 5) is 33.3. The molecule has 1 spiro atoms. The molecule has 27 heavy (non-hydrogen) atoms. The number of urea groups is 1. The van der Waals surface area contributed by atoms with Gasteiger partial charge in [0.2, 0.25) is 0 Å². The van der Waals surface area contributed by atoms with Crippen molar-refractivity contribution in [3.8, 4) is 0 Å². The molecule has 6 nitrogen and oxygen atoms in total.